The molecular weight excluding hydrogens is 453 g/mol. The Bertz CT molecular complexity index is 736. The Morgan fingerprint density at radius 2 is 2.00 bits per heavy atom. The highest BCUT2D eigenvalue weighted by Crippen LogP contribution is 2.19. The van der Waals surface area contributed by atoms with Gasteiger partial charge in [-0.1, -0.05) is 62.7 Å². The van der Waals surface area contributed by atoms with Crippen LogP contribution in [0.25, 0.3) is 0 Å². The van der Waals surface area contributed by atoms with Crippen molar-refractivity contribution in [1.29, 1.82) is 0 Å². The first kappa shape index (κ1) is 23.4. The lowest BCUT2D eigenvalue weighted by Gasteiger charge is -2.16. The summed E-state index contributed by atoms with van der Waals surface area (Å²) >= 11 is 0. The summed E-state index contributed by atoms with van der Waals surface area (Å²) in [6.45, 7) is 14.5. The molecule has 0 saturated heterocycles. The van der Waals surface area contributed by atoms with Crippen LogP contribution in [0.4, 0.5) is 0 Å². The van der Waals surface area contributed by atoms with E-state index in [0.29, 0.717) is 24.2 Å². The molecule has 1 atom stereocenters. The fourth-order valence-corrected chi connectivity index (χ4v) is 2.46. The molecule has 0 fully saturated rings. The SMILES string of the molecule is CCNC(=NCc1noc(C(C)(C)C)n1)NCC(C)c1cccc(C)c1.I. The highest BCUT2D eigenvalue weighted by molar-refractivity contribution is 14.0. The molecule has 0 bridgehead atoms. The van der Waals surface area contributed by atoms with Gasteiger partial charge in [0.2, 0.25) is 5.89 Å². The monoisotopic (exact) mass is 485 g/mol. The molecule has 0 aliphatic rings. The number of guanidine groups is 1. The lowest BCUT2D eigenvalue weighted by molar-refractivity contribution is 0.318. The van der Waals surface area contributed by atoms with Gasteiger partial charge in [-0.3, -0.25) is 0 Å². The first-order chi connectivity index (χ1) is 12.3. The van der Waals surface area contributed by atoms with E-state index < -0.39 is 0 Å². The first-order valence-electron chi connectivity index (χ1n) is 9.21. The standard InChI is InChI=1S/C20H31N5O.HI/c1-7-21-19(22-12-15(3)16-10-8-9-14(2)11-16)23-13-17-24-18(26-25-17)20(4,5)6;/h8-11,15H,7,12-13H2,1-6H3,(H2,21,22,23);1H. The predicted octanol–water partition coefficient (Wildman–Crippen LogP) is 4.15. The number of aliphatic imine (C=N–C) groups is 1. The lowest BCUT2D eigenvalue weighted by Crippen LogP contribution is -2.39. The summed E-state index contributed by atoms with van der Waals surface area (Å²) in [5.74, 6) is 2.37. The largest absolute Gasteiger partial charge is 0.357 e. The van der Waals surface area contributed by atoms with E-state index in [0.717, 1.165) is 19.0 Å². The maximum absolute atomic E-state index is 5.32. The summed E-state index contributed by atoms with van der Waals surface area (Å²) in [6, 6.07) is 8.61. The van der Waals surface area contributed by atoms with Crippen molar-refractivity contribution in [3.05, 3.63) is 47.1 Å². The normalized spacial score (nSPS) is 13.0. The summed E-state index contributed by atoms with van der Waals surface area (Å²) in [5, 5.41) is 10.7. The van der Waals surface area contributed by atoms with Crippen LogP contribution in [0.3, 0.4) is 0 Å². The van der Waals surface area contributed by atoms with Crippen molar-refractivity contribution in [3.63, 3.8) is 0 Å². The predicted molar refractivity (Wildman–Crippen MR) is 121 cm³/mol. The number of hydrogen-bond donors (Lipinski definition) is 2. The van der Waals surface area contributed by atoms with Crippen molar-refractivity contribution in [2.24, 2.45) is 4.99 Å². The van der Waals surface area contributed by atoms with Crippen molar-refractivity contribution in [2.45, 2.75) is 59.4 Å². The fourth-order valence-electron chi connectivity index (χ4n) is 2.46. The van der Waals surface area contributed by atoms with E-state index >= 15 is 0 Å². The van der Waals surface area contributed by atoms with Crippen LogP contribution in [0.2, 0.25) is 0 Å². The van der Waals surface area contributed by atoms with Crippen molar-refractivity contribution >= 4 is 29.9 Å². The van der Waals surface area contributed by atoms with E-state index in [-0.39, 0.29) is 29.4 Å². The summed E-state index contributed by atoms with van der Waals surface area (Å²) in [6.07, 6.45) is 0. The average molecular weight is 485 g/mol. The minimum atomic E-state index is -0.152. The molecule has 1 aromatic carbocycles. The van der Waals surface area contributed by atoms with Crippen molar-refractivity contribution in [1.82, 2.24) is 20.8 Å². The van der Waals surface area contributed by atoms with Crippen LogP contribution in [-0.2, 0) is 12.0 Å². The Morgan fingerprint density at radius 1 is 1.26 bits per heavy atom. The van der Waals surface area contributed by atoms with E-state index in [4.69, 9.17) is 4.52 Å². The number of aromatic nitrogens is 2. The zero-order chi connectivity index (χ0) is 19.2. The third-order valence-corrected chi connectivity index (χ3v) is 4.02. The summed E-state index contributed by atoms with van der Waals surface area (Å²) < 4.78 is 5.32. The molecule has 0 saturated carbocycles. The molecule has 1 aromatic heterocycles. The Hall–Kier alpha value is -1.64. The summed E-state index contributed by atoms with van der Waals surface area (Å²) in [7, 11) is 0. The van der Waals surface area contributed by atoms with Gasteiger partial charge in [-0.05, 0) is 25.3 Å². The van der Waals surface area contributed by atoms with Crippen molar-refractivity contribution < 1.29 is 4.52 Å². The van der Waals surface area contributed by atoms with Crippen LogP contribution in [-0.4, -0.2) is 29.2 Å². The topological polar surface area (TPSA) is 75.3 Å². The highest BCUT2D eigenvalue weighted by Gasteiger charge is 2.21. The summed E-state index contributed by atoms with van der Waals surface area (Å²) in [4.78, 5) is 9.00. The second-order valence-electron chi connectivity index (χ2n) is 7.66. The van der Waals surface area contributed by atoms with Crippen molar-refractivity contribution in [2.75, 3.05) is 13.1 Å². The maximum atomic E-state index is 5.32. The number of aryl methyl sites for hydroxylation is 1. The number of halogens is 1. The molecule has 2 rings (SSSR count). The quantitative estimate of drug-likeness (QED) is 0.365. The fraction of sp³-hybridized carbons (Fsp3) is 0.550. The lowest BCUT2D eigenvalue weighted by atomic mass is 9.97. The molecule has 0 amide bonds. The van der Waals surface area contributed by atoms with Gasteiger partial charge in [-0.25, -0.2) is 4.99 Å². The molecule has 0 spiro atoms. The molecule has 1 heterocycles. The Morgan fingerprint density at radius 3 is 2.59 bits per heavy atom. The minimum Gasteiger partial charge on any atom is -0.357 e. The number of rotatable bonds is 6. The number of nitrogens with one attached hydrogen (secondary N) is 2. The molecule has 0 aliphatic heterocycles. The average Bonchev–Trinajstić information content (AvgIpc) is 3.06. The molecule has 2 aromatic rings. The zero-order valence-corrected chi connectivity index (χ0v) is 19.5. The second kappa shape index (κ2) is 10.6. The third-order valence-electron chi connectivity index (χ3n) is 4.02. The van der Waals surface area contributed by atoms with Crippen LogP contribution in [0.15, 0.2) is 33.8 Å². The van der Waals surface area contributed by atoms with Crippen molar-refractivity contribution in [3.8, 4) is 0 Å². The minimum absolute atomic E-state index is 0. The number of nitrogens with zero attached hydrogens (tertiary/aromatic N) is 3. The Balaban J connectivity index is 0.00000364. The molecular formula is C20H32IN5O. The third kappa shape index (κ3) is 7.48. The molecule has 150 valence electrons. The Labute approximate surface area is 179 Å². The van der Waals surface area contributed by atoms with E-state index in [1.54, 1.807) is 0 Å². The van der Waals surface area contributed by atoms with E-state index in [2.05, 4.69) is 63.9 Å². The molecule has 6 nitrogen and oxygen atoms in total. The van der Waals surface area contributed by atoms with Gasteiger partial charge in [0.25, 0.3) is 0 Å². The Kier molecular flexibility index (Phi) is 9.21. The molecule has 27 heavy (non-hydrogen) atoms. The summed E-state index contributed by atoms with van der Waals surface area (Å²) in [5.41, 5.74) is 2.45. The van der Waals surface area contributed by atoms with Gasteiger partial charge >= 0.3 is 0 Å². The molecule has 0 radical (unpaired) electrons. The van der Waals surface area contributed by atoms with Gasteiger partial charge in [-0.15, -0.1) is 24.0 Å². The van der Waals surface area contributed by atoms with Gasteiger partial charge in [0.1, 0.15) is 6.54 Å². The molecule has 0 aliphatic carbocycles. The molecule has 1 unspecified atom stereocenters. The maximum Gasteiger partial charge on any atom is 0.232 e. The van der Waals surface area contributed by atoms with Gasteiger partial charge in [0, 0.05) is 18.5 Å². The van der Waals surface area contributed by atoms with Gasteiger partial charge < -0.3 is 15.2 Å². The smallest absolute Gasteiger partial charge is 0.232 e. The van der Waals surface area contributed by atoms with Crippen LogP contribution in [0, 0.1) is 6.92 Å². The zero-order valence-electron chi connectivity index (χ0n) is 17.2. The van der Waals surface area contributed by atoms with Crippen LogP contribution in [0.5, 0.6) is 0 Å². The second-order valence-corrected chi connectivity index (χ2v) is 7.66. The van der Waals surface area contributed by atoms with E-state index in [1.165, 1.54) is 11.1 Å². The van der Waals surface area contributed by atoms with E-state index in [1.807, 2.05) is 27.7 Å². The van der Waals surface area contributed by atoms with Crippen LogP contribution < -0.4 is 10.6 Å². The van der Waals surface area contributed by atoms with Gasteiger partial charge in [0.15, 0.2) is 11.8 Å². The van der Waals surface area contributed by atoms with Gasteiger partial charge in [0.05, 0.1) is 0 Å². The molecule has 7 heteroatoms. The molecule has 2 N–H and O–H groups in total. The highest BCUT2D eigenvalue weighted by atomic mass is 127. The number of hydrogen-bond acceptors (Lipinski definition) is 4. The van der Waals surface area contributed by atoms with Crippen LogP contribution in [0.1, 0.15) is 63.4 Å². The van der Waals surface area contributed by atoms with E-state index in [9.17, 15) is 0 Å². The number of benzene rings is 1. The van der Waals surface area contributed by atoms with Crippen LogP contribution >= 0.6 is 24.0 Å². The first-order valence-corrected chi connectivity index (χ1v) is 9.21. The van der Waals surface area contributed by atoms with Gasteiger partial charge in [-0.2, -0.15) is 4.98 Å².